The molecule has 1 atom stereocenters. The summed E-state index contributed by atoms with van der Waals surface area (Å²) in [6, 6.07) is 35.9. The Balaban J connectivity index is 1.35. The summed E-state index contributed by atoms with van der Waals surface area (Å²) < 4.78 is 13.4. The third-order valence-electron chi connectivity index (χ3n) is 7.02. The first-order valence-electron chi connectivity index (χ1n) is 13.1. The number of anilines is 1. The maximum atomic E-state index is 6.77. The highest BCUT2D eigenvalue weighted by Gasteiger charge is 2.41. The van der Waals surface area contributed by atoms with Crippen LogP contribution in [-0.4, -0.2) is 5.79 Å². The molecule has 0 radical (unpaired) electrons. The molecule has 0 amide bonds. The van der Waals surface area contributed by atoms with Gasteiger partial charge in [-0.25, -0.2) is 0 Å². The molecule has 37 heavy (non-hydrogen) atoms. The number of hydrogen-bond donors (Lipinski definition) is 0. The molecular weight excluding hydrogens is 454 g/mol. The van der Waals surface area contributed by atoms with Crippen LogP contribution in [0.2, 0.25) is 0 Å². The lowest BCUT2D eigenvalue weighted by Gasteiger charge is -2.40. The molecule has 2 aliphatic rings. The minimum absolute atomic E-state index is 0.806. The van der Waals surface area contributed by atoms with Crippen molar-refractivity contribution in [3.05, 3.63) is 137 Å². The number of hydrogen-bond acceptors (Lipinski definition) is 3. The molecule has 0 N–H and O–H groups in total. The van der Waals surface area contributed by atoms with Gasteiger partial charge in [0.2, 0.25) is 0 Å². The standard InChI is InChI=1S/C34H31NO2/c1-2-11-30-22-29-16-9-10-17-32(29)36-34(30)21-20-28-18-19-31(23-33(28)37-34)35(24-26-12-5-3-6-13-26)25-27-14-7-4-8-15-27/h3-10,12-23H,2,11,24-25H2,1H3. The molecule has 0 bridgehead atoms. The minimum Gasteiger partial charge on any atom is -0.444 e. The van der Waals surface area contributed by atoms with Crippen molar-refractivity contribution in [3.8, 4) is 11.5 Å². The third kappa shape index (κ3) is 4.77. The average Bonchev–Trinajstić information content (AvgIpc) is 2.94. The summed E-state index contributed by atoms with van der Waals surface area (Å²) >= 11 is 0. The van der Waals surface area contributed by atoms with Crippen LogP contribution in [0, 0.1) is 0 Å². The van der Waals surface area contributed by atoms with Crippen LogP contribution >= 0.6 is 0 Å². The second-order valence-corrected chi connectivity index (χ2v) is 9.71. The van der Waals surface area contributed by atoms with Gasteiger partial charge in [0.05, 0.1) is 0 Å². The molecule has 3 heteroatoms. The molecule has 0 saturated carbocycles. The van der Waals surface area contributed by atoms with Crippen LogP contribution in [-0.2, 0) is 13.1 Å². The van der Waals surface area contributed by atoms with Crippen LogP contribution in [0.25, 0.3) is 12.2 Å². The van der Waals surface area contributed by atoms with Crippen LogP contribution in [0.5, 0.6) is 11.5 Å². The summed E-state index contributed by atoms with van der Waals surface area (Å²) in [4.78, 5) is 2.40. The van der Waals surface area contributed by atoms with Crippen molar-refractivity contribution in [2.45, 2.75) is 38.6 Å². The van der Waals surface area contributed by atoms with Gasteiger partial charge in [-0.05, 0) is 47.9 Å². The second kappa shape index (κ2) is 10.0. The molecule has 1 spiro atoms. The smallest absolute Gasteiger partial charge is 0.294 e. The number of para-hydroxylation sites is 1. The zero-order valence-electron chi connectivity index (χ0n) is 21.1. The molecule has 0 aliphatic carbocycles. The summed E-state index contributed by atoms with van der Waals surface area (Å²) in [5, 5.41) is 0. The van der Waals surface area contributed by atoms with Crippen LogP contribution in [0.1, 0.15) is 42.0 Å². The lowest BCUT2D eigenvalue weighted by molar-refractivity contribution is -0.0437. The molecule has 0 fully saturated rings. The predicted octanol–water partition coefficient (Wildman–Crippen LogP) is 8.27. The third-order valence-corrected chi connectivity index (χ3v) is 7.02. The fourth-order valence-electron chi connectivity index (χ4n) is 5.14. The largest absolute Gasteiger partial charge is 0.444 e. The van der Waals surface area contributed by atoms with E-state index in [-0.39, 0.29) is 0 Å². The van der Waals surface area contributed by atoms with Crippen molar-refractivity contribution in [2.75, 3.05) is 4.90 Å². The molecule has 4 aromatic carbocycles. The Morgan fingerprint density at radius 3 is 2.03 bits per heavy atom. The van der Waals surface area contributed by atoms with Crippen molar-refractivity contribution in [1.82, 2.24) is 0 Å². The molecule has 0 aromatic heterocycles. The van der Waals surface area contributed by atoms with E-state index in [1.807, 2.05) is 18.2 Å². The van der Waals surface area contributed by atoms with Gasteiger partial charge in [0.25, 0.3) is 5.79 Å². The minimum atomic E-state index is -0.917. The number of benzene rings is 4. The SMILES string of the molecule is CCCC1=Cc2ccccc2OC12C=Cc1ccc(N(Cc3ccccc3)Cc3ccccc3)cc1O2. The molecule has 2 heterocycles. The lowest BCUT2D eigenvalue weighted by atomic mass is 9.92. The van der Waals surface area contributed by atoms with Gasteiger partial charge in [-0.2, -0.15) is 0 Å². The summed E-state index contributed by atoms with van der Waals surface area (Å²) in [5.74, 6) is 0.772. The Kier molecular flexibility index (Phi) is 6.28. The average molecular weight is 486 g/mol. The Hall–Kier alpha value is -4.24. The van der Waals surface area contributed by atoms with E-state index in [1.165, 1.54) is 11.1 Å². The van der Waals surface area contributed by atoms with Crippen LogP contribution < -0.4 is 14.4 Å². The van der Waals surface area contributed by atoms with Gasteiger partial charge in [0.15, 0.2) is 0 Å². The molecule has 1 unspecified atom stereocenters. The van der Waals surface area contributed by atoms with E-state index in [4.69, 9.17) is 9.47 Å². The first-order chi connectivity index (χ1) is 18.2. The quantitative estimate of drug-likeness (QED) is 0.263. The highest BCUT2D eigenvalue weighted by Crippen LogP contribution is 2.44. The van der Waals surface area contributed by atoms with E-state index in [9.17, 15) is 0 Å². The van der Waals surface area contributed by atoms with Gasteiger partial charge in [-0.15, -0.1) is 0 Å². The summed E-state index contributed by atoms with van der Waals surface area (Å²) in [5.41, 5.74) is 6.97. The molecule has 184 valence electrons. The predicted molar refractivity (Wildman–Crippen MR) is 152 cm³/mol. The van der Waals surface area contributed by atoms with Crippen molar-refractivity contribution in [2.24, 2.45) is 0 Å². The molecule has 2 aliphatic heterocycles. The Labute approximate surface area is 219 Å². The van der Waals surface area contributed by atoms with Crippen LogP contribution in [0.15, 0.2) is 115 Å². The van der Waals surface area contributed by atoms with E-state index in [2.05, 4.69) is 115 Å². The highest BCUT2D eigenvalue weighted by molar-refractivity contribution is 5.71. The van der Waals surface area contributed by atoms with Crippen molar-refractivity contribution in [3.63, 3.8) is 0 Å². The molecule has 0 saturated heterocycles. The van der Waals surface area contributed by atoms with Crippen LogP contribution in [0.3, 0.4) is 0 Å². The molecule has 6 rings (SSSR count). The van der Waals surface area contributed by atoms with Crippen LogP contribution in [0.4, 0.5) is 5.69 Å². The Morgan fingerprint density at radius 1 is 0.676 bits per heavy atom. The molecule has 3 nitrogen and oxygen atoms in total. The molecular formula is C34H31NO2. The van der Waals surface area contributed by atoms with Crippen molar-refractivity contribution in [1.29, 1.82) is 0 Å². The van der Waals surface area contributed by atoms with Gasteiger partial charge in [-0.3, -0.25) is 0 Å². The highest BCUT2D eigenvalue weighted by atomic mass is 16.7. The first kappa shape index (κ1) is 23.2. The number of fused-ring (bicyclic) bond motifs is 2. The number of nitrogens with zero attached hydrogens (tertiary/aromatic N) is 1. The maximum Gasteiger partial charge on any atom is 0.294 e. The normalized spacial score (nSPS) is 17.3. The van der Waals surface area contributed by atoms with Crippen molar-refractivity contribution < 1.29 is 9.47 Å². The topological polar surface area (TPSA) is 21.7 Å². The van der Waals surface area contributed by atoms with E-state index in [0.717, 1.165) is 59.8 Å². The summed E-state index contributed by atoms with van der Waals surface area (Å²) in [6.45, 7) is 3.80. The fourth-order valence-corrected chi connectivity index (χ4v) is 5.14. The van der Waals surface area contributed by atoms with Gasteiger partial charge in [0, 0.05) is 47.6 Å². The van der Waals surface area contributed by atoms with Gasteiger partial charge < -0.3 is 14.4 Å². The summed E-state index contributed by atoms with van der Waals surface area (Å²) in [6.07, 6.45) is 8.36. The Bertz CT molecular complexity index is 1400. The maximum absolute atomic E-state index is 6.77. The van der Waals surface area contributed by atoms with Gasteiger partial charge >= 0.3 is 0 Å². The monoisotopic (exact) mass is 485 g/mol. The molecule has 4 aromatic rings. The zero-order chi connectivity index (χ0) is 25.1. The first-order valence-corrected chi connectivity index (χ1v) is 13.1. The van der Waals surface area contributed by atoms with Gasteiger partial charge in [-0.1, -0.05) is 92.2 Å². The Morgan fingerprint density at radius 2 is 1.32 bits per heavy atom. The fraction of sp³-hybridized carbons (Fsp3) is 0.176. The lowest BCUT2D eigenvalue weighted by Crippen LogP contribution is -2.45. The van der Waals surface area contributed by atoms with Crippen molar-refractivity contribution >= 4 is 17.8 Å². The zero-order valence-corrected chi connectivity index (χ0v) is 21.1. The second-order valence-electron chi connectivity index (χ2n) is 9.71. The van der Waals surface area contributed by atoms with E-state index >= 15 is 0 Å². The summed E-state index contributed by atoms with van der Waals surface area (Å²) in [7, 11) is 0. The van der Waals surface area contributed by atoms with E-state index < -0.39 is 5.79 Å². The number of rotatable bonds is 7. The van der Waals surface area contributed by atoms with Gasteiger partial charge in [0.1, 0.15) is 11.5 Å². The number of ether oxygens (including phenoxy) is 2. The van der Waals surface area contributed by atoms with E-state index in [1.54, 1.807) is 0 Å². The van der Waals surface area contributed by atoms with E-state index in [0.29, 0.717) is 0 Å².